The molecule has 114 valence electrons. The van der Waals surface area contributed by atoms with E-state index < -0.39 is 19.7 Å². The lowest BCUT2D eigenvalue weighted by Crippen LogP contribution is -2.26. The second kappa shape index (κ2) is 7.05. The summed E-state index contributed by atoms with van der Waals surface area (Å²) in [5.41, 5.74) is 0. The summed E-state index contributed by atoms with van der Waals surface area (Å²) < 4.78 is 49.9. The Kier molecular flexibility index (Phi) is 5.97. The summed E-state index contributed by atoms with van der Waals surface area (Å²) in [5, 5.41) is 2.93. The van der Waals surface area contributed by atoms with Crippen molar-refractivity contribution in [2.45, 2.75) is 4.90 Å². The Balaban J connectivity index is 2.36. The fraction of sp³-hybridized carbons (Fsp3) is 0.500. The fourth-order valence-electron chi connectivity index (χ4n) is 1.42. The molecular weight excluding hydrogens is 302 g/mol. The van der Waals surface area contributed by atoms with Gasteiger partial charge in [-0.2, -0.15) is 0 Å². The molecule has 0 aliphatic carbocycles. The van der Waals surface area contributed by atoms with Crippen LogP contribution < -0.4 is 10.1 Å². The van der Waals surface area contributed by atoms with Gasteiger partial charge in [0.1, 0.15) is 22.2 Å². The first-order chi connectivity index (χ1) is 9.18. The van der Waals surface area contributed by atoms with E-state index in [1.54, 1.807) is 12.1 Å². The molecule has 0 fully saturated rings. The van der Waals surface area contributed by atoms with E-state index in [0.29, 0.717) is 25.4 Å². The first kappa shape index (κ1) is 16.9. The zero-order chi connectivity index (χ0) is 15.2. The van der Waals surface area contributed by atoms with Crippen LogP contribution in [0.3, 0.4) is 0 Å². The third kappa shape index (κ3) is 6.88. The maximum Gasteiger partial charge on any atom is 0.175 e. The third-order valence-electron chi connectivity index (χ3n) is 2.43. The summed E-state index contributed by atoms with van der Waals surface area (Å²) in [6.07, 6.45) is 2.32. The van der Waals surface area contributed by atoms with E-state index in [1.165, 1.54) is 18.4 Å². The van der Waals surface area contributed by atoms with Crippen LogP contribution in [0.4, 0.5) is 0 Å². The van der Waals surface area contributed by atoms with Gasteiger partial charge in [0, 0.05) is 25.6 Å². The van der Waals surface area contributed by atoms with Crippen LogP contribution >= 0.6 is 0 Å². The van der Waals surface area contributed by atoms with Crippen molar-refractivity contribution in [3.63, 3.8) is 0 Å². The zero-order valence-corrected chi connectivity index (χ0v) is 13.1. The summed E-state index contributed by atoms with van der Waals surface area (Å²) >= 11 is 0. The van der Waals surface area contributed by atoms with Crippen molar-refractivity contribution < 1.29 is 21.6 Å². The van der Waals surface area contributed by atoms with Crippen molar-refractivity contribution >= 4 is 19.7 Å². The van der Waals surface area contributed by atoms with Gasteiger partial charge in [-0.25, -0.2) is 16.8 Å². The Morgan fingerprint density at radius 3 is 2.40 bits per heavy atom. The maximum atomic E-state index is 11.4. The number of hydrogen-bond acceptors (Lipinski definition) is 6. The number of ether oxygens (including phenoxy) is 1. The smallest absolute Gasteiger partial charge is 0.175 e. The molecule has 0 spiro atoms. The molecule has 0 aliphatic rings. The van der Waals surface area contributed by atoms with E-state index >= 15 is 0 Å². The fourth-order valence-corrected chi connectivity index (χ4v) is 2.59. The first-order valence-corrected chi connectivity index (χ1v) is 9.95. The monoisotopic (exact) mass is 321 g/mol. The highest BCUT2D eigenvalue weighted by atomic mass is 32.2. The average molecular weight is 321 g/mol. The van der Waals surface area contributed by atoms with Crippen LogP contribution in [-0.2, 0) is 19.7 Å². The maximum absolute atomic E-state index is 11.4. The molecule has 0 bridgehead atoms. The highest BCUT2D eigenvalue weighted by Crippen LogP contribution is 2.16. The van der Waals surface area contributed by atoms with Gasteiger partial charge in [-0.05, 0) is 18.2 Å². The topological polar surface area (TPSA) is 89.5 Å². The second-order valence-electron chi connectivity index (χ2n) is 4.48. The molecule has 0 atom stereocenters. The molecule has 1 N–H and O–H groups in total. The second-order valence-corrected chi connectivity index (χ2v) is 8.75. The Hall–Kier alpha value is -1.12. The number of benzene rings is 1. The Labute approximate surface area is 120 Å². The lowest BCUT2D eigenvalue weighted by Gasteiger charge is -2.08. The molecule has 1 aromatic carbocycles. The molecule has 0 heterocycles. The molecule has 0 saturated carbocycles. The standard InChI is InChI=1S/C12H19NO5S2/c1-19(14,15)9-7-13-6-8-18-11-4-3-5-12(10-11)20(2,16)17/h3-5,10,13H,6-9H2,1-2H3. The minimum absolute atomic E-state index is 0.0799. The van der Waals surface area contributed by atoms with Crippen molar-refractivity contribution in [1.82, 2.24) is 5.32 Å². The third-order valence-corrected chi connectivity index (χ3v) is 4.49. The molecular formula is C12H19NO5S2. The summed E-state index contributed by atoms with van der Waals surface area (Å²) in [7, 11) is -6.20. The van der Waals surface area contributed by atoms with E-state index in [9.17, 15) is 16.8 Å². The van der Waals surface area contributed by atoms with Crippen LogP contribution in [0.2, 0.25) is 0 Å². The van der Waals surface area contributed by atoms with E-state index in [4.69, 9.17) is 4.74 Å². The Morgan fingerprint density at radius 2 is 1.80 bits per heavy atom. The van der Waals surface area contributed by atoms with Gasteiger partial charge in [-0.15, -0.1) is 0 Å². The van der Waals surface area contributed by atoms with Gasteiger partial charge >= 0.3 is 0 Å². The number of sulfone groups is 2. The molecule has 0 unspecified atom stereocenters. The molecule has 1 aromatic rings. The van der Waals surface area contributed by atoms with Crippen LogP contribution in [0.5, 0.6) is 5.75 Å². The van der Waals surface area contributed by atoms with Gasteiger partial charge in [0.25, 0.3) is 0 Å². The molecule has 20 heavy (non-hydrogen) atoms. The van der Waals surface area contributed by atoms with Gasteiger partial charge < -0.3 is 10.1 Å². The van der Waals surface area contributed by atoms with Gasteiger partial charge in [-0.3, -0.25) is 0 Å². The molecule has 0 aliphatic heterocycles. The van der Waals surface area contributed by atoms with E-state index in [0.717, 1.165) is 6.26 Å². The van der Waals surface area contributed by atoms with Crippen molar-refractivity contribution in [3.05, 3.63) is 24.3 Å². The van der Waals surface area contributed by atoms with E-state index in [-0.39, 0.29) is 10.6 Å². The van der Waals surface area contributed by atoms with Crippen molar-refractivity contribution in [2.24, 2.45) is 0 Å². The normalized spacial score (nSPS) is 12.3. The van der Waals surface area contributed by atoms with Crippen LogP contribution in [0, 0.1) is 0 Å². The number of rotatable bonds is 8. The van der Waals surface area contributed by atoms with Crippen LogP contribution in [-0.4, -0.2) is 54.8 Å². The van der Waals surface area contributed by atoms with Crippen molar-refractivity contribution in [1.29, 1.82) is 0 Å². The largest absolute Gasteiger partial charge is 0.492 e. The quantitative estimate of drug-likeness (QED) is 0.683. The SMILES string of the molecule is CS(=O)(=O)CCNCCOc1cccc(S(C)(=O)=O)c1. The summed E-state index contributed by atoms with van der Waals surface area (Å²) in [6, 6.07) is 6.26. The average Bonchev–Trinajstić information content (AvgIpc) is 2.31. The van der Waals surface area contributed by atoms with Crippen LogP contribution in [0.15, 0.2) is 29.2 Å². The molecule has 0 amide bonds. The van der Waals surface area contributed by atoms with Crippen LogP contribution in [0.25, 0.3) is 0 Å². The summed E-state index contributed by atoms with van der Waals surface area (Å²) in [6.45, 7) is 1.18. The molecule has 0 saturated heterocycles. The van der Waals surface area contributed by atoms with Gasteiger partial charge in [0.05, 0.1) is 10.6 Å². The predicted molar refractivity (Wildman–Crippen MR) is 77.6 cm³/mol. The highest BCUT2D eigenvalue weighted by Gasteiger charge is 2.07. The predicted octanol–water partition coefficient (Wildman–Crippen LogP) is 0.103. The first-order valence-electron chi connectivity index (χ1n) is 6.00. The van der Waals surface area contributed by atoms with Gasteiger partial charge in [-0.1, -0.05) is 6.07 Å². The van der Waals surface area contributed by atoms with Crippen molar-refractivity contribution in [3.8, 4) is 5.75 Å². The van der Waals surface area contributed by atoms with E-state index in [2.05, 4.69) is 5.32 Å². The zero-order valence-electron chi connectivity index (χ0n) is 11.5. The van der Waals surface area contributed by atoms with Crippen LogP contribution in [0.1, 0.15) is 0 Å². The molecule has 1 rings (SSSR count). The Bertz CT molecular complexity index is 638. The number of nitrogens with one attached hydrogen (secondary N) is 1. The number of hydrogen-bond donors (Lipinski definition) is 1. The lowest BCUT2D eigenvalue weighted by atomic mass is 10.3. The molecule has 0 radical (unpaired) electrons. The molecule has 0 aromatic heterocycles. The van der Waals surface area contributed by atoms with E-state index in [1.807, 2.05) is 0 Å². The molecule has 8 heteroatoms. The summed E-state index contributed by atoms with van der Waals surface area (Å²) in [4.78, 5) is 0.208. The molecule has 6 nitrogen and oxygen atoms in total. The summed E-state index contributed by atoms with van der Waals surface area (Å²) in [5.74, 6) is 0.550. The van der Waals surface area contributed by atoms with Gasteiger partial charge in [0.15, 0.2) is 9.84 Å². The van der Waals surface area contributed by atoms with Crippen molar-refractivity contribution in [2.75, 3.05) is 38.0 Å². The lowest BCUT2D eigenvalue weighted by molar-refractivity contribution is 0.314. The highest BCUT2D eigenvalue weighted by molar-refractivity contribution is 7.91. The van der Waals surface area contributed by atoms with Gasteiger partial charge in [0.2, 0.25) is 0 Å². The minimum atomic E-state index is -3.24. The Morgan fingerprint density at radius 1 is 1.10 bits per heavy atom. The minimum Gasteiger partial charge on any atom is -0.492 e.